The van der Waals surface area contributed by atoms with E-state index in [1.54, 1.807) is 25.3 Å². The van der Waals surface area contributed by atoms with Gasteiger partial charge in [-0.2, -0.15) is 0 Å². The summed E-state index contributed by atoms with van der Waals surface area (Å²) in [4.78, 5) is 2.87. The summed E-state index contributed by atoms with van der Waals surface area (Å²) in [6.45, 7) is 3.66. The number of ether oxygens (including phenoxy) is 3. The standard InChI is InChI=1S/C34H41NO3/c1-36-31-21-28-24-38-25-34(29-13-4-3-5-14-29,30(28)22-32(31)37-2)17-10-20-35-19-9-8-16-33(35)18-15-26-11-6-7-12-27(26)23-33/h3-7,11-14,21-22H,8-10,15-20,23-25H2,1-2H3. The maximum absolute atomic E-state index is 6.32. The lowest BCUT2D eigenvalue weighted by atomic mass is 9.68. The number of fused-ring (bicyclic) bond motifs is 2. The van der Waals surface area contributed by atoms with Gasteiger partial charge in [0.25, 0.3) is 0 Å². The molecule has 3 aromatic carbocycles. The minimum atomic E-state index is -0.198. The lowest BCUT2D eigenvalue weighted by Crippen LogP contribution is -2.55. The topological polar surface area (TPSA) is 30.9 Å². The average molecular weight is 512 g/mol. The van der Waals surface area contributed by atoms with E-state index in [2.05, 4.69) is 71.6 Å². The normalized spacial score (nSPS) is 25.0. The minimum absolute atomic E-state index is 0.198. The maximum atomic E-state index is 6.32. The molecule has 1 saturated heterocycles. The summed E-state index contributed by atoms with van der Waals surface area (Å²) in [7, 11) is 3.43. The molecule has 200 valence electrons. The van der Waals surface area contributed by atoms with Gasteiger partial charge in [-0.15, -0.1) is 0 Å². The minimum Gasteiger partial charge on any atom is -0.493 e. The lowest BCUT2D eigenvalue weighted by molar-refractivity contribution is 0.0261. The van der Waals surface area contributed by atoms with Gasteiger partial charge in [-0.25, -0.2) is 0 Å². The number of benzene rings is 3. The van der Waals surface area contributed by atoms with Gasteiger partial charge < -0.3 is 14.2 Å². The van der Waals surface area contributed by atoms with Crippen molar-refractivity contribution in [1.29, 1.82) is 0 Å². The molecule has 0 amide bonds. The summed E-state index contributed by atoms with van der Waals surface area (Å²) in [6.07, 6.45) is 9.88. The molecule has 2 unspecified atom stereocenters. The van der Waals surface area contributed by atoms with Crippen molar-refractivity contribution >= 4 is 0 Å². The van der Waals surface area contributed by atoms with Crippen LogP contribution in [0, 0.1) is 0 Å². The Morgan fingerprint density at radius 1 is 0.842 bits per heavy atom. The molecule has 1 spiro atoms. The third kappa shape index (κ3) is 4.52. The summed E-state index contributed by atoms with van der Waals surface area (Å²) in [6, 6.07) is 24.4. The maximum Gasteiger partial charge on any atom is 0.161 e. The Bertz CT molecular complexity index is 1260. The number of piperidine rings is 1. The zero-order valence-electron chi connectivity index (χ0n) is 23.0. The number of likely N-dealkylation sites (tertiary alicyclic amines) is 1. The average Bonchev–Trinajstić information content (AvgIpc) is 2.98. The molecule has 4 heteroatoms. The van der Waals surface area contributed by atoms with E-state index in [4.69, 9.17) is 14.2 Å². The molecule has 3 aromatic rings. The summed E-state index contributed by atoms with van der Waals surface area (Å²) < 4.78 is 17.7. The smallest absolute Gasteiger partial charge is 0.161 e. The molecule has 2 aliphatic heterocycles. The van der Waals surface area contributed by atoms with Crippen LogP contribution in [0.5, 0.6) is 11.5 Å². The highest BCUT2D eigenvalue weighted by atomic mass is 16.5. The Hall–Kier alpha value is -2.82. The number of nitrogens with zero attached hydrogens (tertiary/aromatic N) is 1. The van der Waals surface area contributed by atoms with Crippen LogP contribution in [0.15, 0.2) is 66.7 Å². The van der Waals surface area contributed by atoms with E-state index in [9.17, 15) is 0 Å². The third-order valence-corrected chi connectivity index (χ3v) is 9.58. The second-order valence-electron chi connectivity index (χ2n) is 11.5. The molecule has 0 saturated carbocycles. The van der Waals surface area contributed by atoms with Crippen LogP contribution in [0.4, 0.5) is 0 Å². The monoisotopic (exact) mass is 511 g/mol. The molecule has 6 rings (SSSR count). The third-order valence-electron chi connectivity index (χ3n) is 9.58. The van der Waals surface area contributed by atoms with E-state index < -0.39 is 0 Å². The zero-order chi connectivity index (χ0) is 26.0. The van der Waals surface area contributed by atoms with Crippen LogP contribution in [-0.4, -0.2) is 44.4 Å². The van der Waals surface area contributed by atoms with Crippen molar-refractivity contribution in [2.24, 2.45) is 0 Å². The van der Waals surface area contributed by atoms with Crippen LogP contribution in [0.25, 0.3) is 0 Å². The van der Waals surface area contributed by atoms with Crippen LogP contribution in [0.3, 0.4) is 0 Å². The van der Waals surface area contributed by atoms with Gasteiger partial charge in [0, 0.05) is 11.0 Å². The first-order valence-corrected chi connectivity index (χ1v) is 14.4. The Balaban J connectivity index is 1.29. The Morgan fingerprint density at radius 2 is 1.61 bits per heavy atom. The quantitative estimate of drug-likeness (QED) is 0.353. The molecule has 1 aliphatic carbocycles. The van der Waals surface area contributed by atoms with E-state index in [1.165, 1.54) is 61.8 Å². The molecule has 0 N–H and O–H groups in total. The van der Waals surface area contributed by atoms with Crippen molar-refractivity contribution in [1.82, 2.24) is 4.90 Å². The predicted molar refractivity (Wildman–Crippen MR) is 152 cm³/mol. The van der Waals surface area contributed by atoms with Gasteiger partial charge in [0.15, 0.2) is 11.5 Å². The van der Waals surface area contributed by atoms with Crippen molar-refractivity contribution in [3.63, 3.8) is 0 Å². The van der Waals surface area contributed by atoms with Gasteiger partial charge >= 0.3 is 0 Å². The molecule has 4 nitrogen and oxygen atoms in total. The molecule has 2 atom stereocenters. The summed E-state index contributed by atoms with van der Waals surface area (Å²) in [5.41, 5.74) is 7.12. The fourth-order valence-corrected chi connectivity index (χ4v) is 7.59. The van der Waals surface area contributed by atoms with Crippen LogP contribution in [0.1, 0.15) is 66.3 Å². The SMILES string of the molecule is COc1cc2c(cc1OC)C(CCCN1CCCCC13CCc1ccccc1C3)(c1ccccc1)COC2. The first-order valence-electron chi connectivity index (χ1n) is 14.4. The van der Waals surface area contributed by atoms with E-state index in [0.29, 0.717) is 18.8 Å². The van der Waals surface area contributed by atoms with Crippen LogP contribution in [-0.2, 0) is 29.6 Å². The van der Waals surface area contributed by atoms with Crippen molar-refractivity contribution in [3.8, 4) is 11.5 Å². The summed E-state index contributed by atoms with van der Waals surface area (Å²) in [5, 5.41) is 0. The largest absolute Gasteiger partial charge is 0.493 e. The molecule has 38 heavy (non-hydrogen) atoms. The lowest BCUT2D eigenvalue weighted by Gasteiger charge is -2.50. The first-order chi connectivity index (χ1) is 18.7. The fraction of sp³-hybridized carbons (Fsp3) is 0.471. The molecule has 1 fully saturated rings. The highest BCUT2D eigenvalue weighted by Gasteiger charge is 2.43. The number of aryl methyl sites for hydroxylation is 1. The van der Waals surface area contributed by atoms with E-state index in [1.807, 2.05) is 0 Å². The summed E-state index contributed by atoms with van der Waals surface area (Å²) in [5.74, 6) is 1.57. The van der Waals surface area contributed by atoms with Crippen LogP contribution in [0.2, 0.25) is 0 Å². The van der Waals surface area contributed by atoms with Gasteiger partial charge in [-0.3, -0.25) is 4.90 Å². The van der Waals surface area contributed by atoms with Gasteiger partial charge in [0.2, 0.25) is 0 Å². The number of hydrogen-bond acceptors (Lipinski definition) is 4. The fourth-order valence-electron chi connectivity index (χ4n) is 7.59. The van der Waals surface area contributed by atoms with Gasteiger partial charge in [-0.05, 0) is 98.0 Å². The highest BCUT2D eigenvalue weighted by molar-refractivity contribution is 5.54. The van der Waals surface area contributed by atoms with Crippen molar-refractivity contribution in [2.45, 2.75) is 68.9 Å². The van der Waals surface area contributed by atoms with Crippen molar-refractivity contribution in [3.05, 3.63) is 94.5 Å². The van der Waals surface area contributed by atoms with Crippen molar-refractivity contribution in [2.75, 3.05) is 33.9 Å². The van der Waals surface area contributed by atoms with E-state index in [0.717, 1.165) is 30.9 Å². The first kappa shape index (κ1) is 25.5. The molecule has 0 aromatic heterocycles. The molecule has 3 aliphatic rings. The van der Waals surface area contributed by atoms with Crippen LogP contribution < -0.4 is 9.47 Å². The Kier molecular flexibility index (Phi) is 7.20. The van der Waals surface area contributed by atoms with Gasteiger partial charge in [0.05, 0.1) is 27.4 Å². The molecule has 0 bridgehead atoms. The zero-order valence-corrected chi connectivity index (χ0v) is 23.0. The molecular formula is C34H41NO3. The summed E-state index contributed by atoms with van der Waals surface area (Å²) >= 11 is 0. The van der Waals surface area contributed by atoms with Gasteiger partial charge in [-0.1, -0.05) is 61.0 Å². The number of methoxy groups -OCH3 is 2. The van der Waals surface area contributed by atoms with E-state index >= 15 is 0 Å². The molecular weight excluding hydrogens is 470 g/mol. The second kappa shape index (κ2) is 10.7. The van der Waals surface area contributed by atoms with E-state index in [-0.39, 0.29) is 5.41 Å². The highest BCUT2D eigenvalue weighted by Crippen LogP contribution is 2.46. The molecule has 2 heterocycles. The Labute approximate surface area is 227 Å². The second-order valence-corrected chi connectivity index (χ2v) is 11.5. The number of rotatable bonds is 7. The predicted octanol–water partition coefficient (Wildman–Crippen LogP) is 6.71. The van der Waals surface area contributed by atoms with Crippen LogP contribution >= 0.6 is 0 Å². The molecule has 0 radical (unpaired) electrons. The number of hydrogen-bond donors (Lipinski definition) is 0. The van der Waals surface area contributed by atoms with Crippen molar-refractivity contribution < 1.29 is 14.2 Å². The van der Waals surface area contributed by atoms with Gasteiger partial charge in [0.1, 0.15) is 0 Å². The Morgan fingerprint density at radius 3 is 2.42 bits per heavy atom.